The molecule has 0 unspecified atom stereocenters. The fourth-order valence-electron chi connectivity index (χ4n) is 2.51. The van der Waals surface area contributed by atoms with Gasteiger partial charge < -0.3 is 15.4 Å². The van der Waals surface area contributed by atoms with Crippen molar-refractivity contribution in [3.05, 3.63) is 29.3 Å². The van der Waals surface area contributed by atoms with Crippen LogP contribution in [0, 0.1) is 12.3 Å². The first-order valence-corrected chi connectivity index (χ1v) is 11.7. The lowest BCUT2D eigenvalue weighted by molar-refractivity contribution is 0.129. The van der Waals surface area contributed by atoms with Crippen molar-refractivity contribution >= 4 is 15.8 Å². The van der Waals surface area contributed by atoms with Crippen molar-refractivity contribution in [3.63, 3.8) is 0 Å². The first kappa shape index (κ1) is 24.3. The van der Waals surface area contributed by atoms with Gasteiger partial charge in [0.15, 0.2) is 5.96 Å². The normalized spacial score (nSPS) is 13.4. The van der Waals surface area contributed by atoms with Gasteiger partial charge in [0.1, 0.15) is 21.2 Å². The minimum atomic E-state index is -2.96. The van der Waals surface area contributed by atoms with Gasteiger partial charge in [0.2, 0.25) is 0 Å². The standard InChI is InChI=1S/C21H37N3O3S/c1-16-9-10-17(18(13-16)27-20(2,3)4)14-23-19(22-7)24-15-21(5,6)11-12-28(8,25)26/h9-10,13H,11-12,14-15H2,1-8H3,(H2,22,23,24). The van der Waals surface area contributed by atoms with Crippen LogP contribution in [-0.4, -0.2) is 45.6 Å². The number of hydrogen-bond acceptors (Lipinski definition) is 4. The summed E-state index contributed by atoms with van der Waals surface area (Å²) in [4.78, 5) is 4.27. The van der Waals surface area contributed by atoms with Gasteiger partial charge in [-0.2, -0.15) is 0 Å². The Bertz CT molecular complexity index is 779. The maximum atomic E-state index is 11.4. The lowest BCUT2D eigenvalue weighted by Gasteiger charge is -2.26. The van der Waals surface area contributed by atoms with E-state index in [-0.39, 0.29) is 16.8 Å². The van der Waals surface area contributed by atoms with Crippen LogP contribution >= 0.6 is 0 Å². The molecule has 0 aliphatic heterocycles. The number of ether oxygens (including phenoxy) is 1. The summed E-state index contributed by atoms with van der Waals surface area (Å²) in [6, 6.07) is 6.18. The lowest BCUT2D eigenvalue weighted by atomic mass is 9.90. The highest BCUT2D eigenvalue weighted by Gasteiger charge is 2.21. The minimum absolute atomic E-state index is 0.162. The van der Waals surface area contributed by atoms with Crippen LogP contribution in [0.4, 0.5) is 0 Å². The Hall–Kier alpha value is -1.76. The third-order valence-electron chi connectivity index (χ3n) is 4.19. The molecule has 0 bridgehead atoms. The summed E-state index contributed by atoms with van der Waals surface area (Å²) in [5, 5.41) is 6.62. The Morgan fingerprint density at radius 2 is 1.79 bits per heavy atom. The van der Waals surface area contributed by atoms with Crippen molar-refractivity contribution in [3.8, 4) is 5.75 Å². The largest absolute Gasteiger partial charge is 0.488 e. The molecule has 0 radical (unpaired) electrons. The molecule has 1 aromatic carbocycles. The summed E-state index contributed by atoms with van der Waals surface area (Å²) >= 11 is 0. The zero-order chi connectivity index (χ0) is 21.6. The number of guanidine groups is 1. The molecular formula is C21H37N3O3S. The van der Waals surface area contributed by atoms with Crippen molar-refractivity contribution in [2.24, 2.45) is 10.4 Å². The average Bonchev–Trinajstić information content (AvgIpc) is 2.53. The van der Waals surface area contributed by atoms with Gasteiger partial charge in [-0.1, -0.05) is 26.0 Å². The van der Waals surface area contributed by atoms with Gasteiger partial charge in [-0.15, -0.1) is 0 Å². The molecular weight excluding hydrogens is 374 g/mol. The number of aliphatic imine (C=N–C) groups is 1. The van der Waals surface area contributed by atoms with E-state index in [1.54, 1.807) is 7.05 Å². The Morgan fingerprint density at radius 3 is 2.32 bits per heavy atom. The first-order valence-electron chi connectivity index (χ1n) is 9.62. The molecule has 0 fully saturated rings. The van der Waals surface area contributed by atoms with Gasteiger partial charge in [-0.3, -0.25) is 4.99 Å². The summed E-state index contributed by atoms with van der Waals surface area (Å²) < 4.78 is 28.9. The van der Waals surface area contributed by atoms with Crippen LogP contribution in [0.2, 0.25) is 0 Å². The van der Waals surface area contributed by atoms with Crippen molar-refractivity contribution in [1.29, 1.82) is 0 Å². The highest BCUT2D eigenvalue weighted by atomic mass is 32.2. The molecule has 0 aromatic heterocycles. The van der Waals surface area contributed by atoms with Gasteiger partial charge in [-0.05, 0) is 51.2 Å². The van der Waals surface area contributed by atoms with Crippen LogP contribution in [-0.2, 0) is 16.4 Å². The Morgan fingerprint density at radius 1 is 1.14 bits per heavy atom. The van der Waals surface area contributed by atoms with Crippen molar-refractivity contribution in [1.82, 2.24) is 10.6 Å². The molecule has 0 spiro atoms. The Labute approximate surface area is 171 Å². The second-order valence-electron chi connectivity index (χ2n) is 9.15. The minimum Gasteiger partial charge on any atom is -0.488 e. The lowest BCUT2D eigenvalue weighted by Crippen LogP contribution is -2.42. The summed E-state index contributed by atoms with van der Waals surface area (Å²) in [5.41, 5.74) is 1.77. The van der Waals surface area contributed by atoms with Crippen molar-refractivity contribution in [2.75, 3.05) is 25.6 Å². The molecule has 7 heteroatoms. The number of nitrogens with one attached hydrogen (secondary N) is 2. The van der Waals surface area contributed by atoms with E-state index in [0.717, 1.165) is 16.9 Å². The van der Waals surface area contributed by atoms with Crippen LogP contribution in [0.1, 0.15) is 52.2 Å². The second-order valence-corrected chi connectivity index (χ2v) is 11.4. The zero-order valence-corrected chi connectivity index (χ0v) is 19.5. The third-order valence-corrected chi connectivity index (χ3v) is 5.14. The van der Waals surface area contributed by atoms with E-state index < -0.39 is 9.84 Å². The average molecular weight is 412 g/mol. The number of nitrogens with zero attached hydrogens (tertiary/aromatic N) is 1. The predicted molar refractivity (Wildman–Crippen MR) is 118 cm³/mol. The molecule has 0 amide bonds. The third kappa shape index (κ3) is 9.97. The number of aryl methyl sites for hydroxylation is 1. The molecule has 0 aliphatic rings. The van der Waals surface area contributed by atoms with E-state index in [0.29, 0.717) is 25.5 Å². The molecule has 0 saturated heterocycles. The SMILES string of the molecule is CN=C(NCc1ccc(C)cc1OC(C)(C)C)NCC(C)(C)CCS(C)(=O)=O. The fourth-order valence-corrected chi connectivity index (χ4v) is 3.43. The molecule has 0 heterocycles. The first-order chi connectivity index (χ1) is 12.7. The monoisotopic (exact) mass is 411 g/mol. The predicted octanol–water partition coefficient (Wildman–Crippen LogP) is 3.30. The fraction of sp³-hybridized carbons (Fsp3) is 0.667. The summed E-state index contributed by atoms with van der Waals surface area (Å²) in [5.74, 6) is 1.73. The van der Waals surface area contributed by atoms with Gasteiger partial charge in [0.25, 0.3) is 0 Å². The van der Waals surface area contributed by atoms with E-state index in [1.807, 2.05) is 47.6 Å². The summed E-state index contributed by atoms with van der Waals surface area (Å²) in [7, 11) is -1.24. The van der Waals surface area contributed by atoms with Crippen LogP contribution < -0.4 is 15.4 Å². The Balaban J connectivity index is 2.70. The highest BCUT2D eigenvalue weighted by Crippen LogP contribution is 2.25. The van der Waals surface area contributed by atoms with Gasteiger partial charge >= 0.3 is 0 Å². The molecule has 28 heavy (non-hydrogen) atoms. The van der Waals surface area contributed by atoms with Gasteiger partial charge in [0, 0.05) is 32.0 Å². The topological polar surface area (TPSA) is 79.8 Å². The molecule has 0 atom stereocenters. The van der Waals surface area contributed by atoms with E-state index >= 15 is 0 Å². The van der Waals surface area contributed by atoms with Gasteiger partial charge in [-0.25, -0.2) is 8.42 Å². The molecule has 6 nitrogen and oxygen atoms in total. The van der Waals surface area contributed by atoms with Crippen LogP contribution in [0.5, 0.6) is 5.75 Å². The van der Waals surface area contributed by atoms with Crippen LogP contribution in [0.25, 0.3) is 0 Å². The quantitative estimate of drug-likeness (QED) is 0.507. The smallest absolute Gasteiger partial charge is 0.191 e. The van der Waals surface area contributed by atoms with Crippen molar-refractivity contribution < 1.29 is 13.2 Å². The molecule has 2 N–H and O–H groups in total. The molecule has 1 aromatic rings. The van der Waals surface area contributed by atoms with Crippen molar-refractivity contribution in [2.45, 2.75) is 60.1 Å². The summed E-state index contributed by atoms with van der Waals surface area (Å²) in [6.45, 7) is 13.5. The van der Waals surface area contributed by atoms with E-state index in [4.69, 9.17) is 4.74 Å². The van der Waals surface area contributed by atoms with Crippen LogP contribution in [0.3, 0.4) is 0 Å². The number of sulfone groups is 1. The molecule has 0 aliphatic carbocycles. The zero-order valence-electron chi connectivity index (χ0n) is 18.6. The maximum Gasteiger partial charge on any atom is 0.191 e. The number of hydrogen-bond donors (Lipinski definition) is 2. The second kappa shape index (κ2) is 9.63. The molecule has 1 rings (SSSR count). The molecule has 0 saturated carbocycles. The van der Waals surface area contributed by atoms with E-state index in [1.165, 1.54) is 6.26 Å². The number of rotatable bonds is 8. The van der Waals surface area contributed by atoms with E-state index in [2.05, 4.69) is 27.8 Å². The Kier molecular flexibility index (Phi) is 8.35. The van der Waals surface area contributed by atoms with E-state index in [9.17, 15) is 8.42 Å². The summed E-state index contributed by atoms with van der Waals surface area (Å²) in [6.07, 6.45) is 1.87. The highest BCUT2D eigenvalue weighted by molar-refractivity contribution is 7.90. The van der Waals surface area contributed by atoms with Gasteiger partial charge in [0.05, 0.1) is 5.75 Å². The van der Waals surface area contributed by atoms with Crippen LogP contribution in [0.15, 0.2) is 23.2 Å². The number of benzene rings is 1. The molecule has 160 valence electrons. The maximum absolute atomic E-state index is 11.4.